The average molecular weight is 346 g/mol. The van der Waals surface area contributed by atoms with Crippen LogP contribution in [0, 0.1) is 10.1 Å². The van der Waals surface area contributed by atoms with Crippen LogP contribution in [0.5, 0.6) is 0 Å². The predicted octanol–water partition coefficient (Wildman–Crippen LogP) is 4.78. The molecule has 0 aliphatic heterocycles. The van der Waals surface area contributed by atoms with Crippen LogP contribution in [0.1, 0.15) is 18.7 Å². The number of benzene rings is 1. The Hall–Kier alpha value is -1.53. The van der Waals surface area contributed by atoms with Gasteiger partial charge in [-0.15, -0.1) is 0 Å². The Balaban J connectivity index is 2.15. The lowest BCUT2D eigenvalue weighted by Gasteiger charge is -2.13. The number of halogens is 2. The molecule has 2 rings (SSSR count). The molecule has 0 amide bonds. The van der Waals surface area contributed by atoms with Crippen molar-refractivity contribution in [3.05, 3.63) is 55.9 Å². The average Bonchev–Trinajstić information content (AvgIpc) is 2.75. The number of nitro groups is 1. The maximum Gasteiger partial charge on any atom is 0.288 e. The van der Waals surface area contributed by atoms with Gasteiger partial charge in [-0.3, -0.25) is 10.1 Å². The first-order valence-electron chi connectivity index (χ1n) is 5.43. The van der Waals surface area contributed by atoms with E-state index in [-0.39, 0.29) is 16.8 Å². The molecule has 0 bridgehead atoms. The number of furan rings is 1. The molecule has 0 fully saturated rings. The third-order valence-electron chi connectivity index (χ3n) is 2.55. The first-order valence-corrected chi connectivity index (χ1v) is 6.60. The zero-order chi connectivity index (χ0) is 14.0. The predicted molar refractivity (Wildman–Crippen MR) is 76.6 cm³/mol. The van der Waals surface area contributed by atoms with Crippen LogP contribution in [0.2, 0.25) is 5.02 Å². The van der Waals surface area contributed by atoms with Crippen LogP contribution in [0.25, 0.3) is 0 Å². The normalized spacial score (nSPS) is 12.2. The second-order valence-electron chi connectivity index (χ2n) is 3.93. The fourth-order valence-electron chi connectivity index (χ4n) is 1.63. The quantitative estimate of drug-likeness (QED) is 0.640. The molecule has 0 saturated carbocycles. The van der Waals surface area contributed by atoms with Crippen molar-refractivity contribution in [2.24, 2.45) is 0 Å². The molecule has 1 heterocycles. The van der Waals surface area contributed by atoms with Crippen molar-refractivity contribution >= 4 is 38.9 Å². The van der Waals surface area contributed by atoms with Crippen LogP contribution in [0.4, 0.5) is 11.4 Å². The number of hydrogen-bond acceptors (Lipinski definition) is 4. The van der Waals surface area contributed by atoms with Gasteiger partial charge in [0, 0.05) is 11.8 Å². The van der Waals surface area contributed by atoms with E-state index >= 15 is 0 Å². The molecule has 7 heteroatoms. The third-order valence-corrected chi connectivity index (χ3v) is 3.28. The monoisotopic (exact) mass is 344 g/mol. The topological polar surface area (TPSA) is 68.3 Å². The van der Waals surface area contributed by atoms with Gasteiger partial charge in [0.15, 0.2) is 4.67 Å². The molecule has 0 spiro atoms. The van der Waals surface area contributed by atoms with Gasteiger partial charge in [-0.05, 0) is 47.1 Å². The van der Waals surface area contributed by atoms with Crippen molar-refractivity contribution in [2.45, 2.75) is 13.0 Å². The molecular formula is C12H10BrClN2O3. The van der Waals surface area contributed by atoms with E-state index in [1.165, 1.54) is 12.1 Å². The summed E-state index contributed by atoms with van der Waals surface area (Å²) in [5.74, 6) is 0.751. The van der Waals surface area contributed by atoms with E-state index in [1.54, 1.807) is 12.1 Å². The molecule has 5 nitrogen and oxygen atoms in total. The van der Waals surface area contributed by atoms with Crippen molar-refractivity contribution in [1.29, 1.82) is 0 Å². The van der Waals surface area contributed by atoms with Gasteiger partial charge in [0.2, 0.25) is 0 Å². The highest BCUT2D eigenvalue weighted by atomic mass is 79.9. The fraction of sp³-hybridized carbons (Fsp3) is 0.167. The highest BCUT2D eigenvalue weighted by Gasteiger charge is 2.14. The Morgan fingerprint density at radius 2 is 2.16 bits per heavy atom. The van der Waals surface area contributed by atoms with E-state index in [1.807, 2.05) is 13.0 Å². The Bertz CT molecular complexity index is 615. The maximum absolute atomic E-state index is 10.7. The number of hydrogen-bond donors (Lipinski definition) is 1. The van der Waals surface area contributed by atoms with E-state index in [0.29, 0.717) is 10.4 Å². The zero-order valence-electron chi connectivity index (χ0n) is 9.89. The molecule has 0 radical (unpaired) electrons. The summed E-state index contributed by atoms with van der Waals surface area (Å²) >= 11 is 9.08. The third kappa shape index (κ3) is 3.27. The molecule has 19 heavy (non-hydrogen) atoms. The number of rotatable bonds is 4. The van der Waals surface area contributed by atoms with Gasteiger partial charge in [-0.1, -0.05) is 11.6 Å². The van der Waals surface area contributed by atoms with E-state index < -0.39 is 4.92 Å². The fourth-order valence-corrected chi connectivity index (χ4v) is 2.20. The Kier molecular flexibility index (Phi) is 4.11. The second kappa shape index (κ2) is 5.63. The first kappa shape index (κ1) is 13.9. The van der Waals surface area contributed by atoms with E-state index in [4.69, 9.17) is 16.0 Å². The minimum absolute atomic E-state index is 0.0798. The molecule has 1 aromatic heterocycles. The van der Waals surface area contributed by atoms with Gasteiger partial charge in [-0.25, -0.2) is 0 Å². The van der Waals surface area contributed by atoms with Crippen LogP contribution < -0.4 is 5.32 Å². The Morgan fingerprint density at radius 3 is 2.68 bits per heavy atom. The summed E-state index contributed by atoms with van der Waals surface area (Å²) in [5, 5.41) is 13.9. The molecule has 1 unspecified atom stereocenters. The lowest BCUT2D eigenvalue weighted by atomic mass is 10.2. The maximum atomic E-state index is 10.7. The van der Waals surface area contributed by atoms with Crippen LogP contribution >= 0.6 is 27.5 Å². The minimum atomic E-state index is -0.515. The first-order chi connectivity index (χ1) is 8.97. The van der Waals surface area contributed by atoms with Crippen molar-refractivity contribution < 1.29 is 9.34 Å². The molecule has 2 aromatic rings. The van der Waals surface area contributed by atoms with E-state index in [0.717, 1.165) is 5.76 Å². The van der Waals surface area contributed by atoms with Crippen LogP contribution in [-0.4, -0.2) is 4.92 Å². The van der Waals surface area contributed by atoms with Crippen molar-refractivity contribution in [3.8, 4) is 0 Å². The number of anilines is 1. The smallest absolute Gasteiger partial charge is 0.288 e. The highest BCUT2D eigenvalue weighted by Crippen LogP contribution is 2.29. The van der Waals surface area contributed by atoms with Gasteiger partial charge in [-0.2, -0.15) is 0 Å². The summed E-state index contributed by atoms with van der Waals surface area (Å²) in [7, 11) is 0. The molecular weight excluding hydrogens is 336 g/mol. The van der Waals surface area contributed by atoms with Crippen molar-refractivity contribution in [2.75, 3.05) is 5.32 Å². The minimum Gasteiger partial charge on any atom is -0.452 e. The van der Waals surface area contributed by atoms with Crippen molar-refractivity contribution in [3.63, 3.8) is 0 Å². The zero-order valence-corrected chi connectivity index (χ0v) is 12.2. The van der Waals surface area contributed by atoms with Crippen LogP contribution in [0.3, 0.4) is 0 Å². The number of nitrogens with one attached hydrogen (secondary N) is 1. The largest absolute Gasteiger partial charge is 0.452 e. The van der Waals surface area contributed by atoms with Crippen molar-refractivity contribution in [1.82, 2.24) is 0 Å². The number of nitro benzene ring substituents is 1. The summed E-state index contributed by atoms with van der Waals surface area (Å²) in [6.07, 6.45) is 0. The van der Waals surface area contributed by atoms with Gasteiger partial charge in [0.25, 0.3) is 5.69 Å². The summed E-state index contributed by atoms with van der Waals surface area (Å²) in [5.41, 5.74) is 0.580. The molecule has 1 atom stereocenters. The Labute approximate surface area is 122 Å². The molecule has 1 aromatic carbocycles. The molecule has 0 saturated heterocycles. The summed E-state index contributed by atoms with van der Waals surface area (Å²) in [4.78, 5) is 10.1. The summed E-state index contributed by atoms with van der Waals surface area (Å²) in [6, 6.07) is 8.07. The lowest BCUT2D eigenvalue weighted by Crippen LogP contribution is -2.05. The van der Waals surface area contributed by atoms with E-state index in [9.17, 15) is 10.1 Å². The number of nitrogens with zero attached hydrogens (tertiary/aromatic N) is 1. The Morgan fingerprint density at radius 1 is 1.42 bits per heavy atom. The SMILES string of the molecule is CC(Nc1ccc([N+](=O)[O-])c(Cl)c1)c1ccc(Br)o1. The second-order valence-corrected chi connectivity index (χ2v) is 5.12. The summed E-state index contributed by atoms with van der Waals surface area (Å²) < 4.78 is 6.07. The van der Waals surface area contributed by atoms with Gasteiger partial charge in [0.1, 0.15) is 10.8 Å². The van der Waals surface area contributed by atoms with E-state index in [2.05, 4.69) is 21.2 Å². The summed E-state index contributed by atoms with van der Waals surface area (Å²) in [6.45, 7) is 1.92. The molecule has 100 valence electrons. The van der Waals surface area contributed by atoms with Crippen LogP contribution in [0.15, 0.2) is 39.4 Å². The van der Waals surface area contributed by atoms with Crippen LogP contribution in [-0.2, 0) is 0 Å². The lowest BCUT2D eigenvalue weighted by molar-refractivity contribution is -0.384. The molecule has 0 aliphatic rings. The standard InChI is InChI=1S/C12H10BrClN2O3/c1-7(11-4-5-12(13)19-11)15-8-2-3-10(16(17)18)9(14)6-8/h2-7,15H,1H3. The van der Waals surface area contributed by atoms with Gasteiger partial charge < -0.3 is 9.73 Å². The molecule has 0 aliphatic carbocycles. The molecule has 1 N–H and O–H groups in total. The highest BCUT2D eigenvalue weighted by molar-refractivity contribution is 9.10. The van der Waals surface area contributed by atoms with Gasteiger partial charge >= 0.3 is 0 Å². The van der Waals surface area contributed by atoms with Gasteiger partial charge in [0.05, 0.1) is 11.0 Å².